The Morgan fingerprint density at radius 3 is 1.56 bits per heavy atom. The third kappa shape index (κ3) is 21.4. The molecule has 4 aromatic rings. The maximum atomic E-state index is 12.3. The number of hydrogen-bond acceptors (Lipinski definition) is 14. The number of hydrazone groups is 2. The normalized spacial score (nSPS) is 11.6. The van der Waals surface area contributed by atoms with Crippen LogP contribution >= 0.6 is 54.1 Å². The van der Waals surface area contributed by atoms with Crippen LogP contribution in [-0.4, -0.2) is 68.7 Å². The second-order valence-corrected chi connectivity index (χ2v) is 25.6. The molecule has 0 radical (unpaired) electrons. The molecule has 0 saturated heterocycles. The molecule has 0 aliphatic rings. The van der Waals surface area contributed by atoms with Crippen molar-refractivity contribution in [2.45, 2.75) is 6.16 Å². The topological polar surface area (TPSA) is 199 Å². The van der Waals surface area contributed by atoms with Crippen LogP contribution in [-0.2, 0) is 55.2 Å². The van der Waals surface area contributed by atoms with Crippen molar-refractivity contribution in [3.8, 4) is 23.0 Å². The van der Waals surface area contributed by atoms with Crippen LogP contribution in [0, 0.1) is 5.41 Å². The van der Waals surface area contributed by atoms with E-state index in [4.69, 9.17) is 74.1 Å². The van der Waals surface area contributed by atoms with Gasteiger partial charge in [0.1, 0.15) is 5.75 Å². The molecule has 312 valence electrons. The van der Waals surface area contributed by atoms with Gasteiger partial charge in [-0.25, -0.2) is 0 Å². The molecule has 3 N–H and O–H groups in total. The van der Waals surface area contributed by atoms with Gasteiger partial charge in [0.2, 0.25) is 35.4 Å². The monoisotopic (exact) mass is 990 g/mol. The fourth-order valence-electron chi connectivity index (χ4n) is 3.75. The third-order valence-corrected chi connectivity index (χ3v) is 14.8. The van der Waals surface area contributed by atoms with Gasteiger partial charge in [0.05, 0.1) is 32.7 Å². The molecule has 0 bridgehead atoms. The molecule has 59 heavy (non-hydrogen) atoms. The molecule has 0 heterocycles. The minimum Gasteiger partial charge on any atom is -0.508 e. The first-order chi connectivity index (χ1) is 28.1. The molecule has 0 fully saturated rings. The van der Waals surface area contributed by atoms with Gasteiger partial charge in [0, 0.05) is 39.8 Å². The van der Waals surface area contributed by atoms with E-state index < -0.39 is 36.3 Å². The van der Waals surface area contributed by atoms with Crippen LogP contribution in [0.25, 0.3) is 10.4 Å². The summed E-state index contributed by atoms with van der Waals surface area (Å²) in [5, 5.41) is 27.3. The highest BCUT2D eigenvalue weighted by Gasteiger charge is 2.24. The lowest BCUT2D eigenvalue weighted by molar-refractivity contribution is 0.275. The summed E-state index contributed by atoms with van der Waals surface area (Å²) in [5.41, 5.74) is 11.0. The Labute approximate surface area is 367 Å². The van der Waals surface area contributed by atoms with Gasteiger partial charge in [-0.1, -0.05) is 26.6 Å². The number of phenols is 1. The molecule has 0 aliphatic heterocycles. The van der Waals surface area contributed by atoms with E-state index in [0.29, 0.717) is 17.2 Å². The summed E-state index contributed by atoms with van der Waals surface area (Å²) in [7, 11) is 5.08. The highest BCUT2D eigenvalue weighted by molar-refractivity contribution is 8.42. The molecule has 0 aliphatic carbocycles. The quantitative estimate of drug-likeness (QED) is 0.0200. The maximum Gasteiger partial charge on any atom is 0.540 e. The zero-order valence-corrected chi connectivity index (χ0v) is 41.6. The van der Waals surface area contributed by atoms with Crippen LogP contribution in [0.3, 0.4) is 0 Å². The fourth-order valence-corrected chi connectivity index (χ4v) is 7.73. The van der Waals surface area contributed by atoms with Crippen LogP contribution in [0.4, 0.5) is 0 Å². The zero-order chi connectivity index (χ0) is 43.8. The Balaban J connectivity index is 0.000000668. The van der Waals surface area contributed by atoms with Gasteiger partial charge < -0.3 is 19.6 Å². The van der Waals surface area contributed by atoms with Gasteiger partial charge in [0.25, 0.3) is 0 Å². The summed E-state index contributed by atoms with van der Waals surface area (Å²) in [6.45, 7) is 0. The van der Waals surface area contributed by atoms with E-state index in [1.54, 1.807) is 91.7 Å². The van der Waals surface area contributed by atoms with Crippen molar-refractivity contribution >= 4 is 108 Å². The van der Waals surface area contributed by atoms with Crippen LogP contribution in [0.2, 0.25) is 0 Å². The Hall–Kier alpha value is -3.04. The number of phenolic OH excluding ortho intramolecular Hbond substituents is 1. The van der Waals surface area contributed by atoms with Crippen molar-refractivity contribution in [1.29, 1.82) is 5.41 Å². The minimum atomic E-state index is -3.14. The standard InChI is InChI=1S/C26H32N5O6P4S3.C7H7NO.H4N3P3/c1-27-38(42)35-24-12-6-21(7-13-24)18-28-30(2)39(43)36-25-14-8-22(9-15-25)19-29-31(3)40(44)37-26-16-10-23(11-17-26)20-41(32,33-4)34-5;8-5-6-1-3-7(9)4-2-6;1-2-3-6(4)5/h6-19H,20H2,1-5H3,(H,27,42);1-5,8-9H;4-5H2/q+3;;/b28-18+,29-19+;;. The van der Waals surface area contributed by atoms with Gasteiger partial charge in [-0.2, -0.15) is 0 Å². The number of nitrogens with one attached hydrogen (secondary N) is 2. The summed E-state index contributed by atoms with van der Waals surface area (Å²) in [6, 6.07) is 28.4. The van der Waals surface area contributed by atoms with E-state index in [1.165, 1.54) is 20.4 Å². The van der Waals surface area contributed by atoms with Crippen molar-refractivity contribution < 1.29 is 32.3 Å². The Bertz CT molecular complexity index is 2130. The number of aromatic hydroxyl groups is 1. The lowest BCUT2D eigenvalue weighted by atomic mass is 10.2. The minimum absolute atomic E-state index is 0.163. The molecule has 5 atom stereocenters. The molecule has 4 aromatic carbocycles. The Morgan fingerprint density at radius 2 is 1.20 bits per heavy atom. The average Bonchev–Trinajstić information content (AvgIpc) is 3.24. The highest BCUT2D eigenvalue weighted by Crippen LogP contribution is 2.54. The number of benzene rings is 4. The first kappa shape index (κ1) is 52.1. The zero-order valence-electron chi connectivity index (χ0n) is 32.3. The number of hydrogen-bond donors (Lipinski definition) is 3. The predicted molar refractivity (Wildman–Crippen MR) is 261 cm³/mol. The highest BCUT2D eigenvalue weighted by atomic mass is 32.4. The van der Waals surface area contributed by atoms with E-state index in [0.717, 1.165) is 22.3 Å². The molecule has 0 spiro atoms. The van der Waals surface area contributed by atoms with Gasteiger partial charge >= 0.3 is 28.8 Å². The first-order valence-corrected chi connectivity index (χ1v) is 29.4. The number of rotatable bonds is 19. The second-order valence-electron chi connectivity index (χ2n) is 10.9. The van der Waals surface area contributed by atoms with Crippen LogP contribution in [0.5, 0.6) is 23.0 Å². The van der Waals surface area contributed by atoms with Gasteiger partial charge in [-0.15, -0.1) is 33.1 Å². The van der Waals surface area contributed by atoms with E-state index in [-0.39, 0.29) is 11.9 Å². The molecule has 4 rings (SSSR count). The summed E-state index contributed by atoms with van der Waals surface area (Å²) >= 11 is 16.2. The lowest BCUT2D eigenvalue weighted by Crippen LogP contribution is -2.04. The summed E-state index contributed by atoms with van der Waals surface area (Å²) in [5.74, 6) is 2.13. The lowest BCUT2D eigenvalue weighted by Gasteiger charge is -2.13. The predicted octanol–water partition coefficient (Wildman–Crippen LogP) is 10.9. The van der Waals surface area contributed by atoms with E-state index in [1.807, 2.05) is 48.5 Å². The van der Waals surface area contributed by atoms with Crippen molar-refractivity contribution in [2.75, 3.05) is 35.4 Å². The summed E-state index contributed by atoms with van der Waals surface area (Å²) in [4.78, 5) is 5.84. The van der Waals surface area contributed by atoms with Gasteiger partial charge in [-0.3, -0.25) is 18.1 Å². The van der Waals surface area contributed by atoms with Crippen molar-refractivity contribution in [3.05, 3.63) is 130 Å². The number of nitrogens with zero attached hydrogens (tertiary/aromatic N) is 7. The van der Waals surface area contributed by atoms with Crippen molar-refractivity contribution in [3.63, 3.8) is 0 Å². The van der Waals surface area contributed by atoms with E-state index in [2.05, 4.69) is 42.9 Å². The first-order valence-electron chi connectivity index (χ1n) is 16.5. The summed E-state index contributed by atoms with van der Waals surface area (Å²) < 4.78 is 42.9. The molecule has 5 unspecified atom stereocenters. The van der Waals surface area contributed by atoms with Gasteiger partial charge in [-0.05, 0) is 113 Å². The SMILES string of the molecule is CN[P+](=S)Oc1ccc(/C=N/N(C)[P+](=S)Oc2ccc(/C=N/N(C)[P+](=S)Oc3ccc(CP(=O)(OC)OC)cc3)cc2)cc1.N=Cc1ccc(O)cc1.[N-]=[N+]=NP(P)P. The van der Waals surface area contributed by atoms with Crippen LogP contribution in [0.15, 0.2) is 112 Å². The smallest absolute Gasteiger partial charge is 0.508 e. The van der Waals surface area contributed by atoms with E-state index in [9.17, 15) is 4.57 Å². The molecular formula is C33H43N9O7P7S3+3. The Morgan fingerprint density at radius 1 is 0.797 bits per heavy atom. The molecule has 0 amide bonds. The fraction of sp³-hybridized carbons (Fsp3) is 0.182. The summed E-state index contributed by atoms with van der Waals surface area (Å²) in [6.07, 6.45) is 4.79. The van der Waals surface area contributed by atoms with Crippen LogP contribution < -0.4 is 18.7 Å². The maximum absolute atomic E-state index is 12.3. The van der Waals surface area contributed by atoms with Crippen molar-refractivity contribution in [1.82, 2.24) is 14.6 Å². The van der Waals surface area contributed by atoms with Crippen LogP contribution in [0.1, 0.15) is 22.3 Å². The molecule has 0 saturated carbocycles. The molecule has 16 nitrogen and oxygen atoms in total. The molecule has 0 aromatic heterocycles. The molecule has 26 heteroatoms. The number of azide groups is 1. The van der Waals surface area contributed by atoms with Gasteiger partial charge in [0.15, 0.2) is 17.2 Å². The molecular weight excluding hydrogens is 947 g/mol. The third-order valence-electron chi connectivity index (χ3n) is 6.78. The largest absolute Gasteiger partial charge is 0.540 e. The average molecular weight is 991 g/mol. The Kier molecular flexibility index (Phi) is 25.1. The second kappa shape index (κ2) is 28.5. The van der Waals surface area contributed by atoms with E-state index >= 15 is 0 Å². The van der Waals surface area contributed by atoms with Crippen molar-refractivity contribution in [2.24, 2.45) is 15.1 Å².